The fourth-order valence-corrected chi connectivity index (χ4v) is 5.30. The number of hydrogen-bond donors (Lipinski definition) is 1. The minimum atomic E-state index is -0.600. The molecule has 1 aliphatic heterocycles. The van der Waals surface area contributed by atoms with Gasteiger partial charge in [-0.25, -0.2) is 0 Å². The highest BCUT2D eigenvalue weighted by atomic mass is 16.5. The van der Waals surface area contributed by atoms with Crippen molar-refractivity contribution in [1.29, 1.82) is 0 Å². The van der Waals surface area contributed by atoms with Crippen LogP contribution in [-0.4, -0.2) is 18.8 Å². The van der Waals surface area contributed by atoms with Crippen LogP contribution in [0.2, 0.25) is 0 Å². The predicted octanol–water partition coefficient (Wildman–Crippen LogP) is 6.08. The molecule has 3 aromatic rings. The Morgan fingerprint density at radius 3 is 2.43 bits per heavy atom. The Kier molecular flexibility index (Phi) is 5.93. The van der Waals surface area contributed by atoms with E-state index in [4.69, 9.17) is 4.74 Å². The number of nitrogens with one attached hydrogen (secondary N) is 1. The van der Waals surface area contributed by atoms with E-state index in [1.54, 1.807) is 12.0 Å². The van der Waals surface area contributed by atoms with Crippen LogP contribution >= 0.6 is 0 Å². The predicted molar refractivity (Wildman–Crippen MR) is 138 cm³/mol. The summed E-state index contributed by atoms with van der Waals surface area (Å²) in [6, 6.07) is 24.6. The fourth-order valence-electron chi connectivity index (χ4n) is 5.30. The number of nitrogens with zero attached hydrogens (tertiary/aromatic N) is 1. The molecule has 35 heavy (non-hydrogen) atoms. The fraction of sp³-hybridized carbons (Fsp3) is 0.267. The second kappa shape index (κ2) is 9.06. The number of ketones is 1. The maximum absolute atomic E-state index is 14.1. The van der Waals surface area contributed by atoms with Gasteiger partial charge in [0.1, 0.15) is 5.75 Å². The van der Waals surface area contributed by atoms with Gasteiger partial charge < -0.3 is 10.1 Å². The summed E-state index contributed by atoms with van der Waals surface area (Å²) in [5.41, 5.74) is 4.66. The first kappa shape index (κ1) is 22.9. The standard InChI is InChI=1S/C30H30N2O3/c1-30(2)18-23-28(25(33)19-30)29(21-13-7-10-16-26(21)35-3)32(24-15-9-8-14-22(24)31-23)27(34)17-20-11-5-4-6-12-20/h4-16,29,31H,17-19H2,1-3H3/t29-/m1/s1. The molecular formula is C30H30N2O3. The van der Waals surface area contributed by atoms with Gasteiger partial charge in [-0.05, 0) is 35.6 Å². The number of benzene rings is 3. The highest BCUT2D eigenvalue weighted by molar-refractivity contribution is 6.07. The Bertz CT molecular complexity index is 1310. The summed E-state index contributed by atoms with van der Waals surface area (Å²) in [6.07, 6.45) is 1.37. The van der Waals surface area contributed by atoms with E-state index in [0.717, 1.165) is 34.6 Å². The van der Waals surface area contributed by atoms with Gasteiger partial charge >= 0.3 is 0 Å². The van der Waals surface area contributed by atoms with Crippen LogP contribution in [0.25, 0.3) is 0 Å². The summed E-state index contributed by atoms with van der Waals surface area (Å²) >= 11 is 0. The zero-order valence-electron chi connectivity index (χ0n) is 20.4. The van der Waals surface area contributed by atoms with Crippen molar-refractivity contribution in [2.45, 2.75) is 39.2 Å². The molecule has 0 saturated carbocycles. The average molecular weight is 467 g/mol. The van der Waals surface area contributed by atoms with Crippen molar-refractivity contribution in [3.8, 4) is 5.75 Å². The zero-order chi connectivity index (χ0) is 24.6. The van der Waals surface area contributed by atoms with E-state index in [0.29, 0.717) is 17.7 Å². The number of methoxy groups -OCH3 is 1. The molecule has 1 aliphatic carbocycles. The van der Waals surface area contributed by atoms with Gasteiger partial charge in [-0.1, -0.05) is 74.5 Å². The minimum Gasteiger partial charge on any atom is -0.496 e. The van der Waals surface area contributed by atoms with E-state index in [1.807, 2.05) is 78.9 Å². The summed E-state index contributed by atoms with van der Waals surface area (Å²) in [5, 5.41) is 3.56. The van der Waals surface area contributed by atoms with Gasteiger partial charge in [0.2, 0.25) is 5.91 Å². The number of amides is 1. The largest absolute Gasteiger partial charge is 0.496 e. The molecule has 5 rings (SSSR count). The van der Waals surface area contributed by atoms with Crippen molar-refractivity contribution in [3.05, 3.63) is 101 Å². The quantitative estimate of drug-likeness (QED) is 0.506. The van der Waals surface area contributed by atoms with Gasteiger partial charge in [-0.15, -0.1) is 0 Å². The maximum atomic E-state index is 14.1. The van der Waals surface area contributed by atoms with E-state index in [2.05, 4.69) is 19.2 Å². The average Bonchev–Trinajstić information content (AvgIpc) is 2.98. The molecule has 5 nitrogen and oxygen atoms in total. The Hall–Kier alpha value is -3.86. The summed E-state index contributed by atoms with van der Waals surface area (Å²) in [4.78, 5) is 29.7. The van der Waals surface area contributed by atoms with Crippen LogP contribution in [-0.2, 0) is 16.0 Å². The van der Waals surface area contributed by atoms with Crippen molar-refractivity contribution in [2.75, 3.05) is 17.3 Å². The number of Topliss-reactive ketones (excluding diaryl/α,β-unsaturated/α-hetero) is 1. The van der Waals surface area contributed by atoms with Crippen molar-refractivity contribution < 1.29 is 14.3 Å². The number of para-hydroxylation sites is 3. The SMILES string of the molecule is COc1ccccc1[C@@H]1C2=C(CC(C)(C)CC2=O)Nc2ccccc2N1C(=O)Cc1ccccc1. The monoisotopic (exact) mass is 466 g/mol. The number of hydrogen-bond acceptors (Lipinski definition) is 4. The normalized spacial score (nSPS) is 18.8. The number of allylic oxidation sites excluding steroid dienone is 1. The molecule has 0 unspecified atom stereocenters. The lowest BCUT2D eigenvalue weighted by Gasteiger charge is -2.37. The molecular weight excluding hydrogens is 436 g/mol. The first-order chi connectivity index (χ1) is 16.9. The second-order valence-corrected chi connectivity index (χ2v) is 10.0. The van der Waals surface area contributed by atoms with Gasteiger partial charge in [-0.2, -0.15) is 0 Å². The van der Waals surface area contributed by atoms with Crippen LogP contribution in [0.5, 0.6) is 5.75 Å². The van der Waals surface area contributed by atoms with Crippen molar-refractivity contribution in [2.24, 2.45) is 5.41 Å². The Labute approximate surface area is 206 Å². The number of ether oxygens (including phenoxy) is 1. The highest BCUT2D eigenvalue weighted by Gasteiger charge is 2.43. The summed E-state index contributed by atoms with van der Waals surface area (Å²) in [7, 11) is 1.62. The van der Waals surface area contributed by atoms with Crippen molar-refractivity contribution >= 4 is 23.1 Å². The van der Waals surface area contributed by atoms with Crippen LogP contribution in [0.1, 0.15) is 43.9 Å². The molecule has 2 aliphatic rings. The van der Waals surface area contributed by atoms with E-state index in [9.17, 15) is 9.59 Å². The molecule has 1 N–H and O–H groups in total. The number of rotatable bonds is 4. The maximum Gasteiger partial charge on any atom is 0.232 e. The Morgan fingerprint density at radius 1 is 0.971 bits per heavy atom. The number of anilines is 2. The Balaban J connectivity index is 1.75. The van der Waals surface area contributed by atoms with E-state index in [1.165, 1.54) is 0 Å². The molecule has 0 fully saturated rings. The zero-order valence-corrected chi connectivity index (χ0v) is 20.4. The first-order valence-electron chi connectivity index (χ1n) is 12.0. The van der Waals surface area contributed by atoms with Crippen LogP contribution in [0.15, 0.2) is 90.1 Å². The summed E-state index contributed by atoms with van der Waals surface area (Å²) < 4.78 is 5.74. The molecule has 0 radical (unpaired) electrons. The molecule has 1 atom stereocenters. The van der Waals surface area contributed by atoms with Gasteiger partial charge in [0.15, 0.2) is 5.78 Å². The lowest BCUT2D eigenvalue weighted by atomic mass is 9.73. The van der Waals surface area contributed by atoms with Gasteiger partial charge in [0.25, 0.3) is 0 Å². The van der Waals surface area contributed by atoms with Gasteiger partial charge in [0, 0.05) is 23.3 Å². The lowest BCUT2D eigenvalue weighted by molar-refractivity contribution is -0.119. The van der Waals surface area contributed by atoms with Gasteiger partial charge in [-0.3, -0.25) is 14.5 Å². The van der Waals surface area contributed by atoms with Gasteiger partial charge in [0.05, 0.1) is 30.9 Å². The molecule has 0 aromatic heterocycles. The Morgan fingerprint density at radius 2 is 1.66 bits per heavy atom. The van der Waals surface area contributed by atoms with Crippen LogP contribution in [0, 0.1) is 5.41 Å². The third-order valence-electron chi connectivity index (χ3n) is 6.80. The molecule has 3 aromatic carbocycles. The molecule has 1 heterocycles. The van der Waals surface area contributed by atoms with Crippen molar-refractivity contribution in [1.82, 2.24) is 0 Å². The smallest absolute Gasteiger partial charge is 0.232 e. The number of fused-ring (bicyclic) bond motifs is 1. The van der Waals surface area contributed by atoms with E-state index >= 15 is 0 Å². The molecule has 0 spiro atoms. The molecule has 0 bridgehead atoms. The molecule has 5 heteroatoms. The molecule has 1 amide bonds. The lowest BCUT2D eigenvalue weighted by Crippen LogP contribution is -2.40. The minimum absolute atomic E-state index is 0.0602. The number of carbonyl (C=O) groups is 2. The topological polar surface area (TPSA) is 58.6 Å². The third kappa shape index (κ3) is 4.34. The first-order valence-corrected chi connectivity index (χ1v) is 12.0. The van der Waals surface area contributed by atoms with Crippen LogP contribution < -0.4 is 15.0 Å². The molecule has 0 saturated heterocycles. The second-order valence-electron chi connectivity index (χ2n) is 10.0. The third-order valence-corrected chi connectivity index (χ3v) is 6.80. The summed E-state index contributed by atoms with van der Waals surface area (Å²) in [5.74, 6) is 0.636. The van der Waals surface area contributed by atoms with Crippen LogP contribution in [0.3, 0.4) is 0 Å². The van der Waals surface area contributed by atoms with Crippen molar-refractivity contribution in [3.63, 3.8) is 0 Å². The molecule has 178 valence electrons. The highest BCUT2D eigenvalue weighted by Crippen LogP contribution is 2.49. The summed E-state index contributed by atoms with van der Waals surface area (Å²) in [6.45, 7) is 4.23. The van der Waals surface area contributed by atoms with E-state index < -0.39 is 6.04 Å². The van der Waals surface area contributed by atoms with E-state index in [-0.39, 0.29) is 23.5 Å². The number of carbonyl (C=O) groups excluding carboxylic acids is 2. The van der Waals surface area contributed by atoms with Crippen LogP contribution in [0.4, 0.5) is 11.4 Å².